The van der Waals surface area contributed by atoms with Crippen LogP contribution in [0.5, 0.6) is 0 Å². The van der Waals surface area contributed by atoms with Gasteiger partial charge in [0, 0.05) is 13.0 Å². The number of aliphatic hydroxyl groups excluding tert-OH is 1. The fourth-order valence-corrected chi connectivity index (χ4v) is 3.73. The molecule has 4 heteroatoms. The first-order valence-electron chi connectivity index (χ1n) is 14.7. The van der Waals surface area contributed by atoms with E-state index in [0.29, 0.717) is 13.0 Å². The highest BCUT2D eigenvalue weighted by molar-refractivity contribution is 5.69. The van der Waals surface area contributed by atoms with Crippen LogP contribution < -0.4 is 0 Å². The summed E-state index contributed by atoms with van der Waals surface area (Å²) in [6.45, 7) is 5.11. The monoisotopic (exact) mass is 504 g/mol. The number of hydrogen-bond donors (Lipinski definition) is 1. The van der Waals surface area contributed by atoms with Gasteiger partial charge in [-0.25, -0.2) is 0 Å². The van der Waals surface area contributed by atoms with Gasteiger partial charge in [0.2, 0.25) is 0 Å². The van der Waals surface area contributed by atoms with E-state index >= 15 is 0 Å². The van der Waals surface area contributed by atoms with E-state index in [0.717, 1.165) is 64.2 Å². The summed E-state index contributed by atoms with van der Waals surface area (Å²) >= 11 is 0. The van der Waals surface area contributed by atoms with Crippen LogP contribution >= 0.6 is 0 Å². The van der Waals surface area contributed by atoms with E-state index in [9.17, 15) is 9.90 Å². The van der Waals surface area contributed by atoms with Crippen molar-refractivity contribution in [1.29, 1.82) is 0 Å². The molecule has 1 unspecified atom stereocenters. The van der Waals surface area contributed by atoms with Crippen LogP contribution in [0.3, 0.4) is 0 Å². The van der Waals surface area contributed by atoms with E-state index in [-0.39, 0.29) is 19.2 Å². The van der Waals surface area contributed by atoms with Gasteiger partial charge >= 0.3 is 5.97 Å². The van der Waals surface area contributed by atoms with Crippen molar-refractivity contribution in [2.24, 2.45) is 0 Å². The predicted molar refractivity (Wildman–Crippen MR) is 154 cm³/mol. The third kappa shape index (κ3) is 26.9. The summed E-state index contributed by atoms with van der Waals surface area (Å²) in [5.41, 5.74) is 0. The zero-order chi connectivity index (χ0) is 26.4. The summed E-state index contributed by atoms with van der Waals surface area (Å²) in [5.74, 6) is -0.221. The molecule has 1 atom stereocenters. The average Bonchev–Trinajstić information content (AvgIpc) is 2.88. The van der Waals surface area contributed by atoms with Crippen molar-refractivity contribution in [2.75, 3.05) is 19.8 Å². The molecule has 0 aliphatic carbocycles. The second-order valence-corrected chi connectivity index (χ2v) is 9.44. The highest BCUT2D eigenvalue weighted by Gasteiger charge is 2.13. The Kier molecular flexibility index (Phi) is 28.2. The summed E-state index contributed by atoms with van der Waals surface area (Å²) in [4.78, 5) is 12.0. The van der Waals surface area contributed by atoms with Crippen molar-refractivity contribution in [3.05, 3.63) is 48.6 Å². The highest BCUT2D eigenvalue weighted by Crippen LogP contribution is 2.10. The molecule has 1 N–H and O–H groups in total. The lowest BCUT2D eigenvalue weighted by molar-refractivity contribution is -0.154. The number of ether oxygens (including phenoxy) is 2. The van der Waals surface area contributed by atoms with Crippen LogP contribution in [-0.2, 0) is 14.3 Å². The molecule has 0 aliphatic rings. The summed E-state index contributed by atoms with van der Waals surface area (Å²) in [5, 5.41) is 9.46. The minimum absolute atomic E-state index is 0.186. The minimum Gasteiger partial charge on any atom is -0.457 e. The third-order valence-electron chi connectivity index (χ3n) is 5.92. The number of allylic oxidation sites excluding steroid dienone is 8. The van der Waals surface area contributed by atoms with Crippen LogP contribution in [-0.4, -0.2) is 37.0 Å². The number of aliphatic hydroxyl groups is 1. The standard InChI is InChI=1S/C32H56O4/c1-3-5-7-9-11-13-14-15-16-17-18-19-20-22-24-26-28-35-30-31(29-33)36-32(34)27-25-23-21-12-10-8-6-4-2/h5,7,11,13,15-16,18-19,31,33H,3-4,6,8-10,12,14,17,20-30H2,1-2H3/b7-5-,13-11-,16-15-,19-18-. The van der Waals surface area contributed by atoms with Gasteiger partial charge < -0.3 is 14.6 Å². The van der Waals surface area contributed by atoms with Gasteiger partial charge in [-0.1, -0.05) is 114 Å². The molecule has 0 rings (SSSR count). The first-order chi connectivity index (χ1) is 17.7. The second kappa shape index (κ2) is 29.6. The zero-order valence-electron chi connectivity index (χ0n) is 23.5. The molecule has 0 aromatic carbocycles. The quantitative estimate of drug-likeness (QED) is 0.0726. The predicted octanol–water partition coefficient (Wildman–Crippen LogP) is 8.80. The smallest absolute Gasteiger partial charge is 0.306 e. The van der Waals surface area contributed by atoms with Gasteiger partial charge in [-0.3, -0.25) is 4.79 Å². The number of unbranched alkanes of at least 4 members (excludes halogenated alkanes) is 10. The first kappa shape index (κ1) is 34.4. The molecule has 0 spiro atoms. The van der Waals surface area contributed by atoms with Gasteiger partial charge in [-0.05, 0) is 51.4 Å². The Labute approximate surface area is 222 Å². The van der Waals surface area contributed by atoms with Gasteiger partial charge in [0.25, 0.3) is 0 Å². The number of hydrogen-bond acceptors (Lipinski definition) is 4. The van der Waals surface area contributed by atoms with Gasteiger partial charge in [-0.2, -0.15) is 0 Å². The Morgan fingerprint density at radius 1 is 0.694 bits per heavy atom. The lowest BCUT2D eigenvalue weighted by atomic mass is 10.1. The van der Waals surface area contributed by atoms with Crippen molar-refractivity contribution < 1.29 is 19.4 Å². The molecule has 0 radical (unpaired) electrons. The molecular weight excluding hydrogens is 448 g/mol. The molecule has 0 amide bonds. The Balaban J connectivity index is 3.56. The number of carbonyl (C=O) groups excluding carboxylic acids is 1. The Morgan fingerprint density at radius 2 is 1.25 bits per heavy atom. The van der Waals surface area contributed by atoms with E-state index in [2.05, 4.69) is 62.5 Å². The normalized spacial score (nSPS) is 13.1. The van der Waals surface area contributed by atoms with E-state index in [4.69, 9.17) is 9.47 Å². The van der Waals surface area contributed by atoms with Crippen LogP contribution in [0, 0.1) is 0 Å². The molecule has 0 aromatic rings. The van der Waals surface area contributed by atoms with Crippen molar-refractivity contribution in [3.8, 4) is 0 Å². The number of esters is 1. The largest absolute Gasteiger partial charge is 0.457 e. The SMILES string of the molecule is CC/C=C\C/C=C\C/C=C\C/C=C\CCCCCOCC(CO)OC(=O)CCCCCCCCCC. The van der Waals surface area contributed by atoms with Gasteiger partial charge in [0.1, 0.15) is 6.10 Å². The van der Waals surface area contributed by atoms with Gasteiger partial charge in [0.15, 0.2) is 0 Å². The fourth-order valence-electron chi connectivity index (χ4n) is 3.73. The Bertz CT molecular complexity index is 577. The molecule has 0 heterocycles. The molecule has 0 saturated heterocycles. The maximum Gasteiger partial charge on any atom is 0.306 e. The Hall–Kier alpha value is -1.65. The van der Waals surface area contributed by atoms with E-state index in [1.807, 2.05) is 0 Å². The molecule has 0 aromatic heterocycles. The Morgan fingerprint density at radius 3 is 1.86 bits per heavy atom. The van der Waals surface area contributed by atoms with Crippen LogP contribution in [0.1, 0.15) is 123 Å². The molecule has 0 saturated carbocycles. The molecule has 208 valence electrons. The lowest BCUT2D eigenvalue weighted by Crippen LogP contribution is -2.27. The molecular formula is C32H56O4. The third-order valence-corrected chi connectivity index (χ3v) is 5.92. The number of carbonyl (C=O) groups is 1. The summed E-state index contributed by atoms with van der Waals surface area (Å²) < 4.78 is 11.0. The van der Waals surface area contributed by atoms with Crippen molar-refractivity contribution >= 4 is 5.97 Å². The van der Waals surface area contributed by atoms with Crippen LogP contribution in [0.25, 0.3) is 0 Å². The zero-order valence-corrected chi connectivity index (χ0v) is 23.5. The summed E-state index contributed by atoms with van der Waals surface area (Å²) in [6.07, 6.45) is 35.7. The second-order valence-electron chi connectivity index (χ2n) is 9.44. The lowest BCUT2D eigenvalue weighted by Gasteiger charge is -2.15. The van der Waals surface area contributed by atoms with Crippen molar-refractivity contribution in [3.63, 3.8) is 0 Å². The van der Waals surface area contributed by atoms with Crippen LogP contribution in [0.4, 0.5) is 0 Å². The number of rotatable bonds is 26. The molecule has 0 aliphatic heterocycles. The van der Waals surface area contributed by atoms with Gasteiger partial charge in [0.05, 0.1) is 13.2 Å². The van der Waals surface area contributed by atoms with Gasteiger partial charge in [-0.15, -0.1) is 0 Å². The molecule has 0 bridgehead atoms. The summed E-state index contributed by atoms with van der Waals surface area (Å²) in [6, 6.07) is 0. The van der Waals surface area contributed by atoms with E-state index < -0.39 is 6.10 Å². The first-order valence-corrected chi connectivity index (χ1v) is 14.7. The molecule has 36 heavy (non-hydrogen) atoms. The molecule has 0 fully saturated rings. The van der Waals surface area contributed by atoms with Crippen LogP contribution in [0.2, 0.25) is 0 Å². The van der Waals surface area contributed by atoms with Crippen molar-refractivity contribution in [1.82, 2.24) is 0 Å². The minimum atomic E-state index is -0.545. The average molecular weight is 505 g/mol. The van der Waals surface area contributed by atoms with E-state index in [1.54, 1.807) is 0 Å². The fraction of sp³-hybridized carbons (Fsp3) is 0.719. The maximum absolute atomic E-state index is 12.0. The topological polar surface area (TPSA) is 55.8 Å². The maximum atomic E-state index is 12.0. The summed E-state index contributed by atoms with van der Waals surface area (Å²) in [7, 11) is 0. The van der Waals surface area contributed by atoms with Crippen molar-refractivity contribution in [2.45, 2.75) is 129 Å². The highest BCUT2D eigenvalue weighted by atomic mass is 16.6. The molecule has 4 nitrogen and oxygen atoms in total. The van der Waals surface area contributed by atoms with Crippen LogP contribution in [0.15, 0.2) is 48.6 Å². The van der Waals surface area contributed by atoms with E-state index in [1.165, 1.54) is 38.5 Å².